The van der Waals surface area contributed by atoms with Crippen LogP contribution in [0.4, 0.5) is 10.1 Å². The Hall–Kier alpha value is -4.41. The van der Waals surface area contributed by atoms with E-state index in [1.165, 1.54) is 52.1 Å². The number of fused-ring (bicyclic) bond motifs is 1. The van der Waals surface area contributed by atoms with Crippen molar-refractivity contribution in [1.29, 1.82) is 0 Å². The van der Waals surface area contributed by atoms with Gasteiger partial charge in [-0.1, -0.05) is 18.2 Å². The molecule has 0 aliphatic carbocycles. The lowest BCUT2D eigenvalue weighted by Crippen LogP contribution is -2.27. The molecule has 0 radical (unpaired) electrons. The predicted octanol–water partition coefficient (Wildman–Crippen LogP) is 2.12. The third kappa shape index (κ3) is 4.21. The van der Waals surface area contributed by atoms with Crippen LogP contribution in [-0.2, 0) is 13.1 Å². The molecule has 0 spiro atoms. The summed E-state index contributed by atoms with van der Waals surface area (Å²) in [5.41, 5.74) is 0.562. The minimum absolute atomic E-state index is 0.0465. The summed E-state index contributed by atoms with van der Waals surface area (Å²) in [5, 5.41) is 17.8. The van der Waals surface area contributed by atoms with Crippen LogP contribution in [-0.4, -0.2) is 36.7 Å². The average molecular weight is 436 g/mol. The molecule has 2 heterocycles. The fourth-order valence-corrected chi connectivity index (χ4v) is 3.20. The topological polar surface area (TPSA) is 125 Å². The van der Waals surface area contributed by atoms with E-state index in [-0.39, 0.29) is 41.8 Å². The summed E-state index contributed by atoms with van der Waals surface area (Å²) in [6, 6.07) is 11.5. The molecule has 0 atom stereocenters. The van der Waals surface area contributed by atoms with Gasteiger partial charge in [0.2, 0.25) is 0 Å². The maximum Gasteiger partial charge on any atom is 0.269 e. The predicted molar refractivity (Wildman–Crippen MR) is 113 cm³/mol. The molecule has 10 nitrogen and oxygen atoms in total. The highest BCUT2D eigenvalue weighted by Crippen LogP contribution is 2.12. The van der Waals surface area contributed by atoms with E-state index in [2.05, 4.69) is 15.4 Å². The Morgan fingerprint density at radius 1 is 1.16 bits per heavy atom. The maximum atomic E-state index is 13.9. The van der Waals surface area contributed by atoms with Crippen LogP contribution in [0.3, 0.4) is 0 Å². The molecular weight excluding hydrogens is 419 g/mol. The van der Waals surface area contributed by atoms with E-state index < -0.39 is 16.6 Å². The molecule has 0 aliphatic heterocycles. The minimum atomic E-state index is -0.540. The summed E-state index contributed by atoms with van der Waals surface area (Å²) in [6.07, 6.45) is 2.73. The normalized spacial score (nSPS) is 10.9. The molecule has 0 fully saturated rings. The highest BCUT2D eigenvalue weighted by Gasteiger charge is 2.13. The average Bonchev–Trinajstić information content (AvgIpc) is 3.21. The highest BCUT2D eigenvalue weighted by molar-refractivity contribution is 5.94. The van der Waals surface area contributed by atoms with Gasteiger partial charge in [0, 0.05) is 29.8 Å². The van der Waals surface area contributed by atoms with Crippen LogP contribution in [0.1, 0.15) is 15.9 Å². The maximum absolute atomic E-state index is 13.9. The van der Waals surface area contributed by atoms with Crippen molar-refractivity contribution in [1.82, 2.24) is 24.6 Å². The van der Waals surface area contributed by atoms with Gasteiger partial charge in [-0.3, -0.25) is 24.3 Å². The number of hydrogen-bond donors (Lipinski definition) is 1. The third-order valence-corrected chi connectivity index (χ3v) is 4.87. The lowest BCUT2D eigenvalue weighted by Gasteiger charge is -2.08. The van der Waals surface area contributed by atoms with E-state index in [0.29, 0.717) is 11.2 Å². The van der Waals surface area contributed by atoms with Gasteiger partial charge in [0.1, 0.15) is 17.5 Å². The second kappa shape index (κ2) is 8.76. The van der Waals surface area contributed by atoms with Crippen LogP contribution in [0.25, 0.3) is 11.0 Å². The Balaban J connectivity index is 1.43. The number of nitrogens with zero attached hydrogens (tertiary/aromatic N) is 5. The Morgan fingerprint density at radius 2 is 1.91 bits per heavy atom. The molecule has 2 aromatic heterocycles. The van der Waals surface area contributed by atoms with Gasteiger partial charge < -0.3 is 5.32 Å². The quantitative estimate of drug-likeness (QED) is 0.349. The second-order valence-electron chi connectivity index (χ2n) is 6.93. The minimum Gasteiger partial charge on any atom is -0.350 e. The first-order chi connectivity index (χ1) is 15.4. The number of nitrogens with one attached hydrogen (secondary N) is 1. The summed E-state index contributed by atoms with van der Waals surface area (Å²) in [6.45, 7) is 0.503. The molecule has 0 aliphatic rings. The Kier molecular flexibility index (Phi) is 5.71. The van der Waals surface area contributed by atoms with Crippen molar-refractivity contribution >= 4 is 22.6 Å². The van der Waals surface area contributed by atoms with E-state index in [1.807, 2.05) is 0 Å². The molecule has 0 saturated carbocycles. The molecule has 1 N–H and O–H groups in total. The molecule has 0 bridgehead atoms. The van der Waals surface area contributed by atoms with E-state index in [1.54, 1.807) is 18.2 Å². The summed E-state index contributed by atoms with van der Waals surface area (Å²) < 4.78 is 16.7. The van der Waals surface area contributed by atoms with Gasteiger partial charge in [-0.05, 0) is 18.2 Å². The smallest absolute Gasteiger partial charge is 0.269 e. The molecular formula is C21H17FN6O4. The van der Waals surface area contributed by atoms with Gasteiger partial charge in [-0.15, -0.1) is 0 Å². The number of benzene rings is 2. The molecule has 32 heavy (non-hydrogen) atoms. The van der Waals surface area contributed by atoms with Gasteiger partial charge in [0.05, 0.1) is 24.2 Å². The molecule has 2 aromatic carbocycles. The van der Waals surface area contributed by atoms with Gasteiger partial charge in [-0.25, -0.2) is 14.1 Å². The monoisotopic (exact) mass is 436 g/mol. The zero-order chi connectivity index (χ0) is 22.7. The van der Waals surface area contributed by atoms with Crippen molar-refractivity contribution in [2.45, 2.75) is 13.1 Å². The summed E-state index contributed by atoms with van der Waals surface area (Å²) in [7, 11) is 0. The number of nitro groups is 1. The summed E-state index contributed by atoms with van der Waals surface area (Å²) in [5.74, 6) is -0.796. The fourth-order valence-electron chi connectivity index (χ4n) is 3.20. The first kappa shape index (κ1) is 20.8. The Morgan fingerprint density at radius 3 is 2.62 bits per heavy atom. The number of carbonyl (C=O) groups is 1. The van der Waals surface area contributed by atoms with Crippen molar-refractivity contribution in [2.75, 3.05) is 6.54 Å². The van der Waals surface area contributed by atoms with Crippen LogP contribution < -0.4 is 10.9 Å². The van der Waals surface area contributed by atoms with Crippen molar-refractivity contribution in [2.24, 2.45) is 0 Å². The van der Waals surface area contributed by atoms with Gasteiger partial charge >= 0.3 is 0 Å². The van der Waals surface area contributed by atoms with E-state index in [0.717, 1.165) is 0 Å². The van der Waals surface area contributed by atoms with E-state index in [9.17, 15) is 24.1 Å². The van der Waals surface area contributed by atoms with Crippen LogP contribution >= 0.6 is 0 Å². The Labute approximate surface area is 180 Å². The largest absolute Gasteiger partial charge is 0.350 e. The number of carbonyl (C=O) groups excluding carboxylic acids is 1. The Bertz CT molecular complexity index is 1360. The van der Waals surface area contributed by atoms with Crippen molar-refractivity contribution in [3.05, 3.63) is 98.5 Å². The molecule has 4 aromatic rings. The number of non-ortho nitro benzene ring substituents is 1. The lowest BCUT2D eigenvalue weighted by molar-refractivity contribution is -0.384. The number of nitro benzene ring substituents is 1. The molecule has 0 unspecified atom stereocenters. The standard InChI is InChI=1S/C21H17FN6O4/c22-18-4-2-1-3-15(18)12-26-13-24-19-17(21(26)30)11-25-27(19)10-9-23-20(29)14-5-7-16(8-6-14)28(31)32/h1-8,11,13H,9-10,12H2,(H,23,29). The first-order valence-electron chi connectivity index (χ1n) is 9.61. The highest BCUT2D eigenvalue weighted by atomic mass is 19.1. The molecule has 1 amide bonds. The number of rotatable bonds is 7. The first-order valence-corrected chi connectivity index (χ1v) is 9.61. The molecule has 4 rings (SSSR count). The SMILES string of the molecule is O=C(NCCn1ncc2c(=O)n(Cc3ccccc3F)cnc21)c1ccc([N+](=O)[O-])cc1. The van der Waals surface area contributed by atoms with Crippen molar-refractivity contribution in [3.63, 3.8) is 0 Å². The number of halogens is 1. The van der Waals surface area contributed by atoms with Gasteiger partial charge in [-0.2, -0.15) is 5.10 Å². The zero-order valence-electron chi connectivity index (χ0n) is 16.6. The van der Waals surface area contributed by atoms with Crippen LogP contribution in [0.2, 0.25) is 0 Å². The van der Waals surface area contributed by atoms with Crippen LogP contribution in [0.15, 0.2) is 65.8 Å². The van der Waals surface area contributed by atoms with E-state index in [4.69, 9.17) is 0 Å². The zero-order valence-corrected chi connectivity index (χ0v) is 16.6. The molecule has 11 heteroatoms. The summed E-state index contributed by atoms with van der Waals surface area (Å²) >= 11 is 0. The van der Waals surface area contributed by atoms with Crippen LogP contribution in [0, 0.1) is 15.9 Å². The number of hydrogen-bond acceptors (Lipinski definition) is 6. The van der Waals surface area contributed by atoms with Crippen molar-refractivity contribution < 1.29 is 14.1 Å². The van der Waals surface area contributed by atoms with Crippen LogP contribution in [0.5, 0.6) is 0 Å². The molecule has 0 saturated heterocycles. The number of amides is 1. The third-order valence-electron chi connectivity index (χ3n) is 4.87. The molecule has 162 valence electrons. The van der Waals surface area contributed by atoms with Gasteiger partial charge in [0.25, 0.3) is 17.2 Å². The van der Waals surface area contributed by atoms with Gasteiger partial charge in [0.15, 0.2) is 5.65 Å². The fraction of sp³-hybridized carbons (Fsp3) is 0.143. The number of aromatic nitrogens is 4. The second-order valence-corrected chi connectivity index (χ2v) is 6.93. The lowest BCUT2D eigenvalue weighted by atomic mass is 10.2. The van der Waals surface area contributed by atoms with E-state index >= 15 is 0 Å². The summed E-state index contributed by atoms with van der Waals surface area (Å²) in [4.78, 5) is 39.4. The van der Waals surface area contributed by atoms with Crippen molar-refractivity contribution in [3.8, 4) is 0 Å².